The Kier molecular flexibility index (Phi) is 5.55. The minimum atomic E-state index is -0.128. The third kappa shape index (κ3) is 3.85. The summed E-state index contributed by atoms with van der Waals surface area (Å²) in [4.78, 5) is 17.0. The van der Waals surface area contributed by atoms with Crippen molar-refractivity contribution in [2.24, 2.45) is 0 Å². The average Bonchev–Trinajstić information content (AvgIpc) is 3.47. The number of hydrogen-bond acceptors (Lipinski definition) is 4. The van der Waals surface area contributed by atoms with Gasteiger partial charge in [-0.2, -0.15) is 11.3 Å². The van der Waals surface area contributed by atoms with Gasteiger partial charge in [0.2, 0.25) is 5.91 Å². The van der Waals surface area contributed by atoms with Gasteiger partial charge in [-0.3, -0.25) is 4.79 Å². The van der Waals surface area contributed by atoms with Crippen molar-refractivity contribution < 1.29 is 9.90 Å². The molecule has 0 unspecified atom stereocenters. The second-order valence-corrected chi connectivity index (χ2v) is 7.36. The van der Waals surface area contributed by atoms with Crippen LogP contribution < -0.4 is 5.32 Å². The summed E-state index contributed by atoms with van der Waals surface area (Å²) >= 11 is 1.63. The van der Waals surface area contributed by atoms with E-state index in [0.29, 0.717) is 25.3 Å². The summed E-state index contributed by atoms with van der Waals surface area (Å²) in [7, 11) is 0. The zero-order valence-corrected chi connectivity index (χ0v) is 16.2. The summed E-state index contributed by atoms with van der Waals surface area (Å²) in [5.74, 6) is 0.610. The van der Waals surface area contributed by atoms with Crippen LogP contribution in [0, 0.1) is 0 Å². The molecule has 144 valence electrons. The summed E-state index contributed by atoms with van der Waals surface area (Å²) in [5, 5.41) is 16.7. The molecule has 1 atom stereocenters. The van der Waals surface area contributed by atoms with E-state index >= 15 is 0 Å². The third-order valence-corrected chi connectivity index (χ3v) is 5.53. The monoisotopic (exact) mass is 394 g/mol. The van der Waals surface area contributed by atoms with Crippen LogP contribution in [0.25, 0.3) is 11.0 Å². The minimum Gasteiger partial charge on any atom is -0.388 e. The number of amides is 1. The number of hydrogen-bond donors (Lipinski definition) is 2. The summed E-state index contributed by atoms with van der Waals surface area (Å²) in [6, 6.07) is 13.8. The van der Waals surface area contributed by atoms with Crippen LogP contribution in [-0.4, -0.2) is 31.7 Å². The number of carbonyl (C=O) groups excluding carboxylic acids is 1. The lowest BCUT2D eigenvalue weighted by atomic mass is 10.1. The Morgan fingerprint density at radius 3 is 2.75 bits per heavy atom. The Morgan fingerprint density at radius 2 is 2.00 bits per heavy atom. The molecule has 0 aliphatic heterocycles. The van der Waals surface area contributed by atoms with Crippen LogP contribution >= 0.6 is 11.3 Å². The van der Waals surface area contributed by atoms with E-state index in [2.05, 4.69) is 26.3 Å². The maximum absolute atomic E-state index is 12.6. The summed E-state index contributed by atoms with van der Waals surface area (Å²) < 4.78 is 4.02. The van der Waals surface area contributed by atoms with Gasteiger partial charge in [0, 0.05) is 25.5 Å². The fourth-order valence-electron chi connectivity index (χ4n) is 3.47. The predicted octanol–water partition coefficient (Wildman–Crippen LogP) is 3.19. The molecule has 6 nitrogen and oxygen atoms in total. The Hall–Kier alpha value is -2.90. The Morgan fingerprint density at radius 1 is 1.18 bits per heavy atom. The standard InChI is InChI=1S/C21H22N4O2S/c26-14-20-23-17-5-1-2-6-18(17)25(20)11-8-22-21(27)13-19(16-7-12-28-15-16)24-9-3-4-10-24/h1-7,9-10,12,15,19,26H,8,11,13-14H2,(H,22,27)/t19-/m1/s1. The Labute approximate surface area is 167 Å². The van der Waals surface area contributed by atoms with Crippen LogP contribution in [0.1, 0.15) is 23.9 Å². The fourth-order valence-corrected chi connectivity index (χ4v) is 4.17. The van der Waals surface area contributed by atoms with Gasteiger partial charge in [0.25, 0.3) is 0 Å². The maximum atomic E-state index is 12.6. The first kappa shape index (κ1) is 18.5. The molecule has 3 aromatic heterocycles. The van der Waals surface area contributed by atoms with E-state index in [1.165, 1.54) is 0 Å². The second-order valence-electron chi connectivity index (χ2n) is 6.58. The van der Waals surface area contributed by atoms with Gasteiger partial charge in [0.05, 0.1) is 23.5 Å². The van der Waals surface area contributed by atoms with Crippen molar-refractivity contribution in [3.8, 4) is 0 Å². The number of imidazole rings is 1. The van der Waals surface area contributed by atoms with Crippen molar-refractivity contribution in [3.05, 3.63) is 77.0 Å². The predicted molar refractivity (Wildman–Crippen MR) is 110 cm³/mol. The van der Waals surface area contributed by atoms with Gasteiger partial charge in [0.1, 0.15) is 12.4 Å². The highest BCUT2D eigenvalue weighted by atomic mass is 32.1. The van der Waals surface area contributed by atoms with Gasteiger partial charge in [-0.05, 0) is 46.7 Å². The molecule has 2 N–H and O–H groups in total. The molecular weight excluding hydrogens is 372 g/mol. The number of nitrogens with zero attached hydrogens (tertiary/aromatic N) is 3. The van der Waals surface area contributed by atoms with E-state index in [0.717, 1.165) is 16.6 Å². The van der Waals surface area contributed by atoms with E-state index < -0.39 is 0 Å². The lowest BCUT2D eigenvalue weighted by molar-refractivity contribution is -0.121. The van der Waals surface area contributed by atoms with Gasteiger partial charge in [0.15, 0.2) is 0 Å². The second kappa shape index (κ2) is 8.41. The number of thiophene rings is 1. The molecule has 0 saturated carbocycles. The van der Waals surface area contributed by atoms with Crippen LogP contribution in [0.2, 0.25) is 0 Å². The van der Waals surface area contributed by atoms with Crippen LogP contribution in [0.3, 0.4) is 0 Å². The van der Waals surface area contributed by atoms with E-state index in [-0.39, 0.29) is 18.6 Å². The summed E-state index contributed by atoms with van der Waals surface area (Å²) in [6.45, 7) is 0.916. The first-order valence-corrected chi connectivity index (χ1v) is 10.2. The zero-order valence-electron chi connectivity index (χ0n) is 15.4. The third-order valence-electron chi connectivity index (χ3n) is 4.83. The molecule has 0 fully saturated rings. The number of para-hydroxylation sites is 2. The van der Waals surface area contributed by atoms with Gasteiger partial charge in [-0.1, -0.05) is 12.1 Å². The highest BCUT2D eigenvalue weighted by Crippen LogP contribution is 2.24. The van der Waals surface area contributed by atoms with Gasteiger partial charge >= 0.3 is 0 Å². The highest BCUT2D eigenvalue weighted by Gasteiger charge is 2.18. The van der Waals surface area contributed by atoms with Crippen molar-refractivity contribution in [2.75, 3.05) is 6.54 Å². The smallest absolute Gasteiger partial charge is 0.222 e. The lowest BCUT2D eigenvalue weighted by Crippen LogP contribution is -2.30. The van der Waals surface area contributed by atoms with Crippen LogP contribution in [0.5, 0.6) is 0 Å². The molecule has 0 saturated heterocycles. The molecule has 4 rings (SSSR count). The molecular formula is C21H22N4O2S. The molecule has 1 amide bonds. The lowest BCUT2D eigenvalue weighted by Gasteiger charge is -2.18. The molecule has 0 radical (unpaired) electrons. The van der Waals surface area contributed by atoms with E-state index in [1.807, 2.05) is 58.7 Å². The normalized spacial score (nSPS) is 12.3. The topological polar surface area (TPSA) is 72.1 Å². The fraction of sp³-hybridized carbons (Fsp3) is 0.238. The van der Waals surface area contributed by atoms with Crippen molar-refractivity contribution in [2.45, 2.75) is 25.6 Å². The number of carbonyl (C=O) groups is 1. The molecule has 0 aliphatic carbocycles. The van der Waals surface area contributed by atoms with E-state index in [1.54, 1.807) is 11.3 Å². The SMILES string of the molecule is O=C(C[C@H](c1ccsc1)n1cccc1)NCCn1c(CO)nc2ccccc21. The zero-order chi connectivity index (χ0) is 19.3. The van der Waals surface area contributed by atoms with E-state index in [4.69, 9.17) is 0 Å². The van der Waals surface area contributed by atoms with Crippen molar-refractivity contribution in [1.29, 1.82) is 0 Å². The molecule has 1 aromatic carbocycles. The largest absolute Gasteiger partial charge is 0.388 e. The van der Waals surface area contributed by atoms with Crippen molar-refractivity contribution in [1.82, 2.24) is 19.4 Å². The number of aliphatic hydroxyl groups excluding tert-OH is 1. The summed E-state index contributed by atoms with van der Waals surface area (Å²) in [5.41, 5.74) is 2.95. The van der Waals surface area contributed by atoms with Gasteiger partial charge in [-0.25, -0.2) is 4.98 Å². The molecule has 3 heterocycles. The van der Waals surface area contributed by atoms with Crippen LogP contribution in [-0.2, 0) is 17.9 Å². The Balaban J connectivity index is 1.41. The number of rotatable bonds is 8. The first-order valence-electron chi connectivity index (χ1n) is 9.22. The molecule has 7 heteroatoms. The summed E-state index contributed by atoms with van der Waals surface area (Å²) in [6.07, 6.45) is 4.35. The number of nitrogens with one attached hydrogen (secondary N) is 1. The van der Waals surface area contributed by atoms with Gasteiger partial charge < -0.3 is 19.6 Å². The quantitative estimate of drug-likeness (QED) is 0.482. The van der Waals surface area contributed by atoms with Crippen LogP contribution in [0.4, 0.5) is 0 Å². The molecule has 4 aromatic rings. The number of fused-ring (bicyclic) bond motifs is 1. The maximum Gasteiger partial charge on any atom is 0.222 e. The van der Waals surface area contributed by atoms with Crippen molar-refractivity contribution >= 4 is 28.3 Å². The highest BCUT2D eigenvalue weighted by molar-refractivity contribution is 7.08. The van der Waals surface area contributed by atoms with Gasteiger partial charge in [-0.15, -0.1) is 0 Å². The average molecular weight is 395 g/mol. The first-order chi connectivity index (χ1) is 13.8. The van der Waals surface area contributed by atoms with E-state index in [9.17, 15) is 9.90 Å². The molecule has 0 spiro atoms. The van der Waals surface area contributed by atoms with Crippen LogP contribution in [0.15, 0.2) is 65.6 Å². The number of benzene rings is 1. The minimum absolute atomic E-state index is 0.000121. The van der Waals surface area contributed by atoms with Crippen molar-refractivity contribution in [3.63, 3.8) is 0 Å². The number of aromatic nitrogens is 3. The molecule has 28 heavy (non-hydrogen) atoms. The number of aliphatic hydroxyl groups is 1. The Bertz CT molecular complexity index is 1000. The molecule has 0 bridgehead atoms. The molecule has 0 aliphatic rings.